The summed E-state index contributed by atoms with van der Waals surface area (Å²) in [5, 5.41) is 6.40. The lowest BCUT2D eigenvalue weighted by Crippen LogP contribution is -2.46. The number of carbonyl (C=O) groups is 1. The molecule has 1 fully saturated rings. The second-order valence-electron chi connectivity index (χ2n) is 3.37. The minimum Gasteiger partial charge on any atom is -0.373 e. The second-order valence-corrected chi connectivity index (χ2v) is 3.68. The lowest BCUT2D eigenvalue weighted by Gasteiger charge is -2.31. The van der Waals surface area contributed by atoms with Gasteiger partial charge in [0.05, 0.1) is 18.6 Å². The number of amides is 1. The molecule has 0 aliphatic carbocycles. The molecule has 1 atom stereocenters. The molecule has 0 spiro atoms. The standard InChI is InChI=1S/C9H12ClN3O2/c10-5-7-6-13(3-4-15-7)9(14)8-1-2-11-12-8/h1-2,7H,3-6H2,(H,11,12). The van der Waals surface area contributed by atoms with Gasteiger partial charge in [0.15, 0.2) is 0 Å². The summed E-state index contributed by atoms with van der Waals surface area (Å²) in [6, 6.07) is 1.66. The Hall–Kier alpha value is -1.07. The zero-order valence-corrected chi connectivity index (χ0v) is 8.91. The highest BCUT2D eigenvalue weighted by Gasteiger charge is 2.24. The van der Waals surface area contributed by atoms with E-state index in [-0.39, 0.29) is 12.0 Å². The molecule has 0 radical (unpaired) electrons. The van der Waals surface area contributed by atoms with Crippen molar-refractivity contribution in [1.82, 2.24) is 15.1 Å². The van der Waals surface area contributed by atoms with E-state index in [1.54, 1.807) is 17.2 Å². The van der Waals surface area contributed by atoms with Crippen molar-refractivity contribution >= 4 is 17.5 Å². The largest absolute Gasteiger partial charge is 0.373 e. The minimum absolute atomic E-state index is 0.0501. The van der Waals surface area contributed by atoms with Crippen LogP contribution in [-0.4, -0.2) is 52.7 Å². The fraction of sp³-hybridized carbons (Fsp3) is 0.556. The molecule has 1 aliphatic heterocycles. The van der Waals surface area contributed by atoms with Crippen LogP contribution in [0.2, 0.25) is 0 Å². The number of nitrogens with one attached hydrogen (secondary N) is 1. The van der Waals surface area contributed by atoms with Crippen LogP contribution in [0.1, 0.15) is 10.5 Å². The van der Waals surface area contributed by atoms with Crippen LogP contribution in [0, 0.1) is 0 Å². The van der Waals surface area contributed by atoms with Gasteiger partial charge >= 0.3 is 0 Å². The van der Waals surface area contributed by atoms with Crippen molar-refractivity contribution < 1.29 is 9.53 Å². The van der Waals surface area contributed by atoms with Crippen molar-refractivity contribution in [2.24, 2.45) is 0 Å². The first-order valence-electron chi connectivity index (χ1n) is 4.77. The molecular formula is C9H12ClN3O2. The summed E-state index contributed by atoms with van der Waals surface area (Å²) in [5.41, 5.74) is 0.505. The predicted molar refractivity (Wildman–Crippen MR) is 55.0 cm³/mol. The number of hydrogen-bond acceptors (Lipinski definition) is 3. The third-order valence-corrected chi connectivity index (χ3v) is 2.67. The predicted octanol–water partition coefficient (Wildman–Crippen LogP) is 0.489. The number of H-pyrrole nitrogens is 1. The molecule has 1 N–H and O–H groups in total. The SMILES string of the molecule is O=C(c1ccn[nH]1)N1CCOC(CCl)C1. The highest BCUT2D eigenvalue weighted by Crippen LogP contribution is 2.09. The molecule has 15 heavy (non-hydrogen) atoms. The number of morpholine rings is 1. The lowest BCUT2D eigenvalue weighted by atomic mass is 10.2. The Labute approximate surface area is 92.4 Å². The van der Waals surface area contributed by atoms with Crippen LogP contribution in [0.25, 0.3) is 0 Å². The van der Waals surface area contributed by atoms with Gasteiger partial charge in [-0.1, -0.05) is 0 Å². The van der Waals surface area contributed by atoms with Crippen molar-refractivity contribution in [3.8, 4) is 0 Å². The van der Waals surface area contributed by atoms with Crippen molar-refractivity contribution in [3.63, 3.8) is 0 Å². The van der Waals surface area contributed by atoms with E-state index in [4.69, 9.17) is 16.3 Å². The Bertz CT molecular complexity index is 328. The van der Waals surface area contributed by atoms with Crippen LogP contribution in [0.15, 0.2) is 12.3 Å². The zero-order valence-electron chi connectivity index (χ0n) is 8.15. The molecule has 1 aliphatic rings. The number of aromatic nitrogens is 2. The van der Waals surface area contributed by atoms with Gasteiger partial charge in [-0.05, 0) is 6.07 Å². The van der Waals surface area contributed by atoms with E-state index in [0.29, 0.717) is 31.3 Å². The van der Waals surface area contributed by atoms with E-state index >= 15 is 0 Å². The Balaban J connectivity index is 2.01. The maximum Gasteiger partial charge on any atom is 0.272 e. The maximum atomic E-state index is 11.9. The van der Waals surface area contributed by atoms with Crippen LogP contribution >= 0.6 is 11.6 Å². The van der Waals surface area contributed by atoms with Crippen LogP contribution in [0.4, 0.5) is 0 Å². The molecule has 2 heterocycles. The summed E-state index contributed by atoms with van der Waals surface area (Å²) < 4.78 is 5.37. The average Bonchev–Trinajstić information content (AvgIpc) is 2.81. The van der Waals surface area contributed by atoms with Gasteiger partial charge < -0.3 is 9.64 Å². The van der Waals surface area contributed by atoms with Crippen molar-refractivity contribution in [1.29, 1.82) is 0 Å². The van der Waals surface area contributed by atoms with Crippen LogP contribution < -0.4 is 0 Å². The Morgan fingerprint density at radius 1 is 1.80 bits per heavy atom. The fourth-order valence-corrected chi connectivity index (χ4v) is 1.73. The molecule has 1 aromatic heterocycles. The molecule has 0 aromatic carbocycles. The smallest absolute Gasteiger partial charge is 0.272 e. The monoisotopic (exact) mass is 229 g/mol. The van der Waals surface area contributed by atoms with Gasteiger partial charge in [0, 0.05) is 19.3 Å². The van der Waals surface area contributed by atoms with E-state index in [1.807, 2.05) is 0 Å². The fourth-order valence-electron chi connectivity index (χ4n) is 1.54. The first kappa shape index (κ1) is 10.4. The Morgan fingerprint density at radius 2 is 2.67 bits per heavy atom. The molecule has 1 saturated heterocycles. The van der Waals surface area contributed by atoms with Crippen molar-refractivity contribution in [2.45, 2.75) is 6.10 Å². The summed E-state index contributed by atoms with van der Waals surface area (Å²) in [7, 11) is 0. The quantitative estimate of drug-likeness (QED) is 0.751. The third-order valence-electron chi connectivity index (χ3n) is 2.33. The van der Waals surface area contributed by atoms with Crippen LogP contribution in [0.3, 0.4) is 0 Å². The molecule has 5 nitrogen and oxygen atoms in total. The molecule has 1 amide bonds. The number of halogens is 1. The number of hydrogen-bond donors (Lipinski definition) is 1. The molecule has 0 saturated carbocycles. The maximum absolute atomic E-state index is 11.9. The highest BCUT2D eigenvalue weighted by molar-refractivity contribution is 6.18. The summed E-state index contributed by atoms with van der Waals surface area (Å²) in [6.45, 7) is 1.68. The minimum atomic E-state index is -0.0627. The Morgan fingerprint density at radius 3 is 3.33 bits per heavy atom. The summed E-state index contributed by atoms with van der Waals surface area (Å²) in [4.78, 5) is 13.6. The third kappa shape index (κ3) is 2.30. The number of nitrogens with zero attached hydrogens (tertiary/aromatic N) is 2. The molecule has 82 valence electrons. The second kappa shape index (κ2) is 4.63. The van der Waals surface area contributed by atoms with Gasteiger partial charge in [-0.2, -0.15) is 5.10 Å². The summed E-state index contributed by atoms with van der Waals surface area (Å²) in [6.07, 6.45) is 1.50. The topological polar surface area (TPSA) is 58.2 Å². The van der Waals surface area contributed by atoms with Crippen LogP contribution in [0.5, 0.6) is 0 Å². The number of rotatable bonds is 2. The van der Waals surface area contributed by atoms with Crippen molar-refractivity contribution in [3.05, 3.63) is 18.0 Å². The first-order chi connectivity index (χ1) is 7.31. The molecule has 2 rings (SSSR count). The normalized spacial score (nSPS) is 21.7. The highest BCUT2D eigenvalue weighted by atomic mass is 35.5. The van der Waals surface area contributed by atoms with E-state index in [2.05, 4.69) is 10.2 Å². The van der Waals surface area contributed by atoms with Gasteiger partial charge in [-0.25, -0.2) is 0 Å². The molecular weight excluding hydrogens is 218 g/mol. The summed E-state index contributed by atoms with van der Waals surface area (Å²) >= 11 is 5.69. The average molecular weight is 230 g/mol. The van der Waals surface area contributed by atoms with E-state index in [1.165, 1.54) is 0 Å². The van der Waals surface area contributed by atoms with E-state index in [9.17, 15) is 4.79 Å². The lowest BCUT2D eigenvalue weighted by molar-refractivity contribution is -0.0110. The molecule has 0 bridgehead atoms. The molecule has 6 heteroatoms. The van der Waals surface area contributed by atoms with Gasteiger partial charge in [-0.3, -0.25) is 9.89 Å². The van der Waals surface area contributed by atoms with Gasteiger partial charge in [-0.15, -0.1) is 11.6 Å². The van der Waals surface area contributed by atoms with Crippen LogP contribution in [-0.2, 0) is 4.74 Å². The zero-order chi connectivity index (χ0) is 10.7. The number of ether oxygens (including phenoxy) is 1. The molecule has 1 unspecified atom stereocenters. The number of aromatic amines is 1. The first-order valence-corrected chi connectivity index (χ1v) is 5.31. The summed E-state index contributed by atoms with van der Waals surface area (Å²) in [5.74, 6) is 0.359. The number of carbonyl (C=O) groups excluding carboxylic acids is 1. The van der Waals surface area contributed by atoms with E-state index in [0.717, 1.165) is 0 Å². The van der Waals surface area contributed by atoms with Gasteiger partial charge in [0.1, 0.15) is 5.69 Å². The molecule has 1 aromatic rings. The Kier molecular flexibility index (Phi) is 3.23. The van der Waals surface area contributed by atoms with Gasteiger partial charge in [0.25, 0.3) is 5.91 Å². The van der Waals surface area contributed by atoms with Crippen molar-refractivity contribution in [2.75, 3.05) is 25.6 Å². The van der Waals surface area contributed by atoms with Gasteiger partial charge in [0.2, 0.25) is 0 Å². The van der Waals surface area contributed by atoms with E-state index < -0.39 is 0 Å². The number of alkyl halides is 1.